The van der Waals surface area contributed by atoms with Crippen molar-refractivity contribution in [2.75, 3.05) is 13.2 Å². The minimum Gasteiger partial charge on any atom is -0.308 e. The Morgan fingerprint density at radius 1 is 1.00 bits per heavy atom. The molecule has 0 aliphatic rings. The maximum Gasteiger partial charge on any atom is 0.352 e. The molecule has 0 saturated carbocycles. The van der Waals surface area contributed by atoms with Gasteiger partial charge in [0, 0.05) is 5.54 Å². The van der Waals surface area contributed by atoms with E-state index in [1.807, 2.05) is 85.7 Å². The van der Waals surface area contributed by atoms with Crippen LogP contribution < -0.4 is 0 Å². The lowest BCUT2D eigenvalue weighted by molar-refractivity contribution is -0.271. The highest BCUT2D eigenvalue weighted by molar-refractivity contribution is 7.55. The van der Waals surface area contributed by atoms with Crippen molar-refractivity contribution < 1.29 is 18.5 Å². The van der Waals surface area contributed by atoms with Gasteiger partial charge in [0.05, 0.1) is 13.2 Å². The minimum atomic E-state index is -3.42. The second-order valence-corrected chi connectivity index (χ2v) is 10.1. The molecular formula is C19H34NO4P. The number of hydroxylamine groups is 2. The van der Waals surface area contributed by atoms with Gasteiger partial charge in [-0.3, -0.25) is 9.40 Å². The summed E-state index contributed by atoms with van der Waals surface area (Å²) in [4.78, 5) is 6.31. The standard InChI is InChI=1S/C19H34NO4P/c1-9-22-25(21,23-10-2)19(7,8)20(18(4,5)6)24-16(3)17-14-12-11-13-15-17/h11-16H,9-10H2,1-8H3. The van der Waals surface area contributed by atoms with Crippen LogP contribution in [-0.4, -0.2) is 29.1 Å². The van der Waals surface area contributed by atoms with Gasteiger partial charge in [0.1, 0.15) is 11.4 Å². The Kier molecular flexibility index (Phi) is 7.85. The second kappa shape index (κ2) is 8.79. The highest BCUT2D eigenvalue weighted by Crippen LogP contribution is 2.62. The van der Waals surface area contributed by atoms with Crippen molar-refractivity contribution in [3.05, 3.63) is 35.9 Å². The smallest absolute Gasteiger partial charge is 0.308 e. The van der Waals surface area contributed by atoms with Crippen LogP contribution in [0.3, 0.4) is 0 Å². The molecule has 1 rings (SSSR count). The van der Waals surface area contributed by atoms with Gasteiger partial charge in [0.2, 0.25) is 0 Å². The van der Waals surface area contributed by atoms with Crippen LogP contribution in [0.2, 0.25) is 0 Å². The monoisotopic (exact) mass is 371 g/mol. The molecule has 0 saturated heterocycles. The Bertz CT molecular complexity index is 559. The van der Waals surface area contributed by atoms with Crippen molar-refractivity contribution in [3.8, 4) is 0 Å². The Morgan fingerprint density at radius 2 is 1.48 bits per heavy atom. The molecule has 0 aliphatic heterocycles. The number of rotatable bonds is 9. The van der Waals surface area contributed by atoms with E-state index in [4.69, 9.17) is 13.9 Å². The van der Waals surface area contributed by atoms with Crippen LogP contribution in [0.5, 0.6) is 0 Å². The van der Waals surface area contributed by atoms with Gasteiger partial charge < -0.3 is 9.05 Å². The summed E-state index contributed by atoms with van der Waals surface area (Å²) in [5.74, 6) is 0. The Morgan fingerprint density at radius 3 is 1.88 bits per heavy atom. The van der Waals surface area contributed by atoms with Crippen molar-refractivity contribution in [1.29, 1.82) is 0 Å². The zero-order chi connectivity index (χ0) is 19.3. The van der Waals surface area contributed by atoms with Gasteiger partial charge in [-0.1, -0.05) is 30.3 Å². The van der Waals surface area contributed by atoms with Gasteiger partial charge in [-0.15, -0.1) is 0 Å². The van der Waals surface area contributed by atoms with Gasteiger partial charge in [-0.2, -0.15) is 5.06 Å². The average molecular weight is 371 g/mol. The van der Waals surface area contributed by atoms with E-state index in [0.29, 0.717) is 13.2 Å². The van der Waals surface area contributed by atoms with E-state index in [1.165, 1.54) is 0 Å². The van der Waals surface area contributed by atoms with E-state index >= 15 is 0 Å². The lowest BCUT2D eigenvalue weighted by Gasteiger charge is -2.48. The average Bonchev–Trinajstić information content (AvgIpc) is 2.52. The van der Waals surface area contributed by atoms with Crippen LogP contribution in [0, 0.1) is 0 Å². The molecule has 6 heteroatoms. The number of benzene rings is 1. The molecule has 0 spiro atoms. The van der Waals surface area contributed by atoms with Crippen molar-refractivity contribution in [3.63, 3.8) is 0 Å². The van der Waals surface area contributed by atoms with Crippen LogP contribution in [0.15, 0.2) is 30.3 Å². The molecule has 25 heavy (non-hydrogen) atoms. The maximum atomic E-state index is 13.5. The molecule has 0 N–H and O–H groups in total. The highest BCUT2D eigenvalue weighted by atomic mass is 31.2. The lowest BCUT2D eigenvalue weighted by Crippen LogP contribution is -2.54. The fourth-order valence-corrected chi connectivity index (χ4v) is 4.81. The van der Waals surface area contributed by atoms with E-state index in [0.717, 1.165) is 5.56 Å². The summed E-state index contributed by atoms with van der Waals surface area (Å²) >= 11 is 0. The van der Waals surface area contributed by atoms with Crippen molar-refractivity contribution in [2.45, 2.75) is 72.3 Å². The van der Waals surface area contributed by atoms with Crippen molar-refractivity contribution in [2.24, 2.45) is 0 Å². The first-order chi connectivity index (χ1) is 11.5. The van der Waals surface area contributed by atoms with Gasteiger partial charge in [-0.05, 0) is 61.0 Å². The Labute approximate surface area is 153 Å². The van der Waals surface area contributed by atoms with Gasteiger partial charge in [0.15, 0.2) is 0 Å². The van der Waals surface area contributed by atoms with Crippen molar-refractivity contribution in [1.82, 2.24) is 5.06 Å². The second-order valence-electron chi connectivity index (χ2n) is 7.45. The maximum absolute atomic E-state index is 13.5. The minimum absolute atomic E-state index is 0.198. The van der Waals surface area contributed by atoms with Crippen LogP contribution >= 0.6 is 7.60 Å². The van der Waals surface area contributed by atoms with Gasteiger partial charge >= 0.3 is 7.60 Å². The first kappa shape index (κ1) is 22.3. The quantitative estimate of drug-likeness (QED) is 0.407. The molecule has 0 aliphatic carbocycles. The largest absolute Gasteiger partial charge is 0.352 e. The lowest BCUT2D eigenvalue weighted by atomic mass is 10.1. The molecule has 1 aromatic rings. The molecule has 1 atom stereocenters. The summed E-state index contributed by atoms with van der Waals surface area (Å²) in [6, 6.07) is 9.96. The summed E-state index contributed by atoms with van der Waals surface area (Å²) in [6.45, 7) is 16.0. The molecule has 0 fully saturated rings. The molecule has 0 heterocycles. The van der Waals surface area contributed by atoms with E-state index in [1.54, 1.807) is 5.06 Å². The third kappa shape index (κ3) is 5.38. The number of hydrogen-bond acceptors (Lipinski definition) is 5. The number of nitrogens with zero attached hydrogens (tertiary/aromatic N) is 1. The third-order valence-electron chi connectivity index (χ3n) is 3.91. The van der Waals surface area contributed by atoms with Crippen LogP contribution in [0.4, 0.5) is 0 Å². The molecule has 1 unspecified atom stereocenters. The fraction of sp³-hybridized carbons (Fsp3) is 0.684. The SMILES string of the molecule is CCOP(=O)(OCC)C(C)(C)N(OC(C)c1ccccc1)C(C)(C)C. The zero-order valence-electron chi connectivity index (χ0n) is 16.9. The summed E-state index contributed by atoms with van der Waals surface area (Å²) in [5, 5.41) is 0.810. The first-order valence-electron chi connectivity index (χ1n) is 8.91. The molecule has 0 amide bonds. The molecule has 0 bridgehead atoms. The van der Waals surface area contributed by atoms with Crippen molar-refractivity contribution >= 4 is 7.60 Å². The van der Waals surface area contributed by atoms with Gasteiger partial charge in [0.25, 0.3) is 0 Å². The third-order valence-corrected chi connectivity index (χ3v) is 6.63. The fourth-order valence-electron chi connectivity index (χ4n) is 2.86. The van der Waals surface area contributed by atoms with E-state index in [2.05, 4.69) is 0 Å². The molecule has 5 nitrogen and oxygen atoms in total. The summed E-state index contributed by atoms with van der Waals surface area (Å²) in [6.07, 6.45) is -0.198. The number of hydrogen-bond donors (Lipinski definition) is 0. The van der Waals surface area contributed by atoms with Gasteiger partial charge in [-0.25, -0.2) is 0 Å². The van der Waals surface area contributed by atoms with Crippen LogP contribution in [0.25, 0.3) is 0 Å². The van der Waals surface area contributed by atoms with E-state index in [9.17, 15) is 4.57 Å². The van der Waals surface area contributed by atoms with Crippen LogP contribution in [0.1, 0.15) is 67.1 Å². The topological polar surface area (TPSA) is 48.0 Å². The normalized spacial score (nSPS) is 14.8. The molecule has 1 aromatic carbocycles. The van der Waals surface area contributed by atoms with Crippen LogP contribution in [-0.2, 0) is 18.5 Å². The van der Waals surface area contributed by atoms with E-state index in [-0.39, 0.29) is 6.10 Å². The molecule has 0 aromatic heterocycles. The first-order valence-corrected chi connectivity index (χ1v) is 10.4. The zero-order valence-corrected chi connectivity index (χ0v) is 17.8. The Hall–Kier alpha value is -0.710. The molecule has 0 radical (unpaired) electrons. The Balaban J connectivity index is 3.22. The summed E-state index contributed by atoms with van der Waals surface area (Å²) < 4.78 is 24.7. The van der Waals surface area contributed by atoms with E-state index < -0.39 is 18.4 Å². The molecular weight excluding hydrogens is 337 g/mol. The predicted octanol–water partition coefficient (Wildman–Crippen LogP) is 5.78. The summed E-state index contributed by atoms with van der Waals surface area (Å²) in [7, 11) is -3.42. The predicted molar refractivity (Wildman–Crippen MR) is 102 cm³/mol. The summed E-state index contributed by atoms with van der Waals surface area (Å²) in [5.41, 5.74) is 0.645. The molecule has 144 valence electrons. The highest BCUT2D eigenvalue weighted by Gasteiger charge is 2.52.